The van der Waals surface area contributed by atoms with Crippen LogP contribution in [0, 0.1) is 5.82 Å². The lowest BCUT2D eigenvalue weighted by Gasteiger charge is -2.42. The van der Waals surface area contributed by atoms with Gasteiger partial charge in [0.15, 0.2) is 0 Å². The molecule has 2 heterocycles. The Labute approximate surface area is 180 Å². The number of nitrogens with zero attached hydrogens (tertiary/aromatic N) is 2. The van der Waals surface area contributed by atoms with Gasteiger partial charge >= 0.3 is 0 Å². The predicted molar refractivity (Wildman–Crippen MR) is 110 cm³/mol. The molecule has 160 valence electrons. The second-order valence-corrected chi connectivity index (χ2v) is 9.81. The topological polar surface area (TPSA) is 66.9 Å². The van der Waals surface area contributed by atoms with Crippen molar-refractivity contribution in [3.63, 3.8) is 0 Å². The van der Waals surface area contributed by atoms with Crippen LogP contribution in [0.25, 0.3) is 0 Å². The molecule has 4 rings (SSSR count). The van der Waals surface area contributed by atoms with E-state index in [9.17, 15) is 17.6 Å². The molecule has 2 aromatic rings. The highest BCUT2D eigenvalue weighted by atomic mass is 35.5. The highest BCUT2D eigenvalue weighted by molar-refractivity contribution is 7.89. The first-order valence-corrected chi connectivity index (χ1v) is 11.6. The first-order valence-electron chi connectivity index (χ1n) is 9.75. The number of rotatable bonds is 4. The summed E-state index contributed by atoms with van der Waals surface area (Å²) < 4.78 is 46.8. The molecule has 0 bridgehead atoms. The summed E-state index contributed by atoms with van der Waals surface area (Å²) in [6, 6.07) is 11.9. The van der Waals surface area contributed by atoms with E-state index in [2.05, 4.69) is 0 Å². The molecule has 2 aromatic carbocycles. The summed E-state index contributed by atoms with van der Waals surface area (Å²) in [7, 11) is -3.74. The van der Waals surface area contributed by atoms with Crippen LogP contribution in [-0.4, -0.2) is 55.5 Å². The van der Waals surface area contributed by atoms with E-state index in [1.165, 1.54) is 28.6 Å². The molecule has 2 aliphatic heterocycles. The number of sulfonamides is 1. The van der Waals surface area contributed by atoms with Crippen LogP contribution in [0.2, 0.25) is 5.02 Å². The molecule has 2 saturated heterocycles. The molecule has 9 heteroatoms. The number of likely N-dealkylation sites (tertiary alicyclic amines) is 1. The van der Waals surface area contributed by atoms with E-state index in [-0.39, 0.29) is 29.6 Å². The van der Waals surface area contributed by atoms with Crippen LogP contribution in [-0.2, 0) is 26.0 Å². The molecule has 0 aliphatic carbocycles. The molecule has 0 unspecified atom stereocenters. The van der Waals surface area contributed by atoms with Gasteiger partial charge in [0, 0.05) is 37.5 Å². The number of carbonyl (C=O) groups excluding carboxylic acids is 1. The number of ether oxygens (including phenoxy) is 1. The third kappa shape index (κ3) is 4.09. The van der Waals surface area contributed by atoms with Gasteiger partial charge in [-0.05, 0) is 42.0 Å². The van der Waals surface area contributed by atoms with Crippen molar-refractivity contribution in [1.29, 1.82) is 0 Å². The van der Waals surface area contributed by atoms with E-state index in [1.807, 2.05) is 0 Å². The monoisotopic (exact) mass is 452 g/mol. The molecule has 0 aromatic heterocycles. The lowest BCUT2D eigenvalue weighted by Crippen LogP contribution is -2.55. The number of amides is 1. The van der Waals surface area contributed by atoms with Crippen molar-refractivity contribution in [3.05, 3.63) is 64.9 Å². The van der Waals surface area contributed by atoms with Gasteiger partial charge in [-0.3, -0.25) is 4.79 Å². The van der Waals surface area contributed by atoms with E-state index in [1.54, 1.807) is 29.2 Å². The Kier molecular flexibility index (Phi) is 5.85. The van der Waals surface area contributed by atoms with Crippen molar-refractivity contribution in [2.45, 2.75) is 29.9 Å². The van der Waals surface area contributed by atoms with Crippen molar-refractivity contribution < 1.29 is 22.3 Å². The molecule has 0 radical (unpaired) electrons. The number of halogens is 2. The maximum absolute atomic E-state index is 13.2. The second-order valence-electron chi connectivity index (χ2n) is 7.51. The van der Waals surface area contributed by atoms with Crippen molar-refractivity contribution in [2.24, 2.45) is 0 Å². The molecule has 0 N–H and O–H groups in total. The number of piperidine rings is 1. The molecule has 1 amide bonds. The van der Waals surface area contributed by atoms with Gasteiger partial charge < -0.3 is 9.64 Å². The Balaban J connectivity index is 1.45. The van der Waals surface area contributed by atoms with Crippen LogP contribution in [0.5, 0.6) is 0 Å². The number of carbonyl (C=O) groups is 1. The minimum Gasteiger partial charge on any atom is -0.358 e. The molecule has 0 saturated carbocycles. The summed E-state index contributed by atoms with van der Waals surface area (Å²) in [5.41, 5.74) is -0.198. The van der Waals surface area contributed by atoms with E-state index >= 15 is 0 Å². The summed E-state index contributed by atoms with van der Waals surface area (Å²) in [5, 5.41) is 0.467. The predicted octanol–water partition coefficient (Wildman–Crippen LogP) is 3.06. The zero-order valence-corrected chi connectivity index (χ0v) is 17.8. The molecular weight excluding hydrogens is 431 g/mol. The van der Waals surface area contributed by atoms with Crippen molar-refractivity contribution >= 4 is 27.5 Å². The molecule has 0 atom stereocenters. The van der Waals surface area contributed by atoms with Crippen LogP contribution < -0.4 is 0 Å². The average molecular weight is 453 g/mol. The Morgan fingerprint density at radius 3 is 2.30 bits per heavy atom. The fourth-order valence-corrected chi connectivity index (χ4v) is 5.90. The van der Waals surface area contributed by atoms with Crippen molar-refractivity contribution in [1.82, 2.24) is 9.21 Å². The Bertz CT molecular complexity index is 1020. The summed E-state index contributed by atoms with van der Waals surface area (Å²) in [6.45, 7) is 1.38. The molecule has 6 nitrogen and oxygen atoms in total. The summed E-state index contributed by atoms with van der Waals surface area (Å²) in [4.78, 5) is 14.5. The van der Waals surface area contributed by atoms with Crippen molar-refractivity contribution in [3.8, 4) is 0 Å². The fourth-order valence-electron chi connectivity index (χ4n) is 4.06. The highest BCUT2D eigenvalue weighted by Crippen LogP contribution is 2.38. The number of hydrogen-bond donors (Lipinski definition) is 0. The summed E-state index contributed by atoms with van der Waals surface area (Å²) in [5.74, 6) is -0.409. The van der Waals surface area contributed by atoms with Crippen molar-refractivity contribution in [2.75, 3.05) is 26.2 Å². The fraction of sp³-hybridized carbons (Fsp3) is 0.381. The van der Waals surface area contributed by atoms with Gasteiger partial charge in [-0.1, -0.05) is 23.7 Å². The third-order valence-corrected chi connectivity index (χ3v) is 7.90. The van der Waals surface area contributed by atoms with Gasteiger partial charge in [0.25, 0.3) is 0 Å². The Hall–Kier alpha value is -2.00. The number of hydrogen-bond acceptors (Lipinski definition) is 4. The molecule has 2 fully saturated rings. The largest absolute Gasteiger partial charge is 0.358 e. The van der Waals surface area contributed by atoms with Crippen LogP contribution in [0.3, 0.4) is 0 Å². The van der Waals surface area contributed by atoms with Gasteiger partial charge in [0.05, 0.1) is 17.9 Å². The molecule has 1 spiro atoms. The van der Waals surface area contributed by atoms with E-state index in [0.717, 1.165) is 5.56 Å². The average Bonchev–Trinajstić information content (AvgIpc) is 3.14. The smallest absolute Gasteiger partial charge is 0.245 e. The van der Waals surface area contributed by atoms with Crippen LogP contribution >= 0.6 is 11.6 Å². The summed E-state index contributed by atoms with van der Waals surface area (Å²) in [6.07, 6.45) is 0.977. The van der Waals surface area contributed by atoms with Gasteiger partial charge in [-0.25, -0.2) is 12.8 Å². The lowest BCUT2D eigenvalue weighted by atomic mass is 10.00. The lowest BCUT2D eigenvalue weighted by molar-refractivity contribution is -0.139. The van der Waals surface area contributed by atoms with Crippen LogP contribution in [0.1, 0.15) is 18.4 Å². The zero-order chi connectivity index (χ0) is 21.4. The van der Waals surface area contributed by atoms with Gasteiger partial charge in [0.2, 0.25) is 15.9 Å². The summed E-state index contributed by atoms with van der Waals surface area (Å²) >= 11 is 5.89. The third-order valence-electron chi connectivity index (χ3n) is 5.69. The van der Waals surface area contributed by atoms with Crippen LogP contribution in [0.4, 0.5) is 4.39 Å². The first-order chi connectivity index (χ1) is 14.3. The van der Waals surface area contributed by atoms with Gasteiger partial charge in [-0.15, -0.1) is 0 Å². The first kappa shape index (κ1) is 21.2. The maximum Gasteiger partial charge on any atom is 0.245 e. The van der Waals surface area contributed by atoms with E-state index in [4.69, 9.17) is 16.3 Å². The Morgan fingerprint density at radius 1 is 1.03 bits per heavy atom. The van der Waals surface area contributed by atoms with Crippen LogP contribution in [0.15, 0.2) is 53.4 Å². The number of benzene rings is 2. The maximum atomic E-state index is 13.2. The highest BCUT2D eigenvalue weighted by Gasteiger charge is 2.50. The van der Waals surface area contributed by atoms with Gasteiger partial charge in [-0.2, -0.15) is 4.31 Å². The quantitative estimate of drug-likeness (QED) is 0.715. The molecule has 30 heavy (non-hydrogen) atoms. The Morgan fingerprint density at radius 2 is 1.67 bits per heavy atom. The van der Waals surface area contributed by atoms with E-state index < -0.39 is 15.7 Å². The minimum atomic E-state index is -3.74. The normalized spacial score (nSPS) is 19.3. The second kappa shape index (κ2) is 8.26. The zero-order valence-electron chi connectivity index (χ0n) is 16.3. The molecule has 2 aliphatic rings. The van der Waals surface area contributed by atoms with E-state index in [0.29, 0.717) is 37.6 Å². The minimum absolute atomic E-state index is 0.0680. The SMILES string of the molecule is O=C(Cc1ccc(F)cc1)N1CCC2(CC1)OCCN2S(=O)(=O)c1ccc(Cl)cc1. The van der Waals surface area contributed by atoms with Gasteiger partial charge in [0.1, 0.15) is 11.5 Å². The standard InChI is InChI=1S/C21H22ClFN2O4S/c22-17-3-7-19(8-4-17)30(27,28)25-13-14-29-21(25)9-11-24(12-10-21)20(26)15-16-1-5-18(23)6-2-16/h1-8H,9-15H2. The molecular formula is C21H22ClFN2O4S.